The molecule has 0 unspecified atom stereocenters. The Hall–Kier alpha value is -3.26. The molecular weight excluding hydrogens is 366 g/mol. The van der Waals surface area contributed by atoms with Crippen LogP contribution in [0.1, 0.15) is 20.7 Å². The van der Waals surface area contributed by atoms with Crippen LogP contribution < -0.4 is 9.54 Å². The number of carbonyl (C=O) groups excluding carboxylic acids is 3. The zero-order chi connectivity index (χ0) is 19.1. The molecular formula is C19H15N3O4S. The predicted octanol–water partition coefficient (Wildman–Crippen LogP) is 1.97. The van der Waals surface area contributed by atoms with Gasteiger partial charge in [-0.2, -0.15) is 4.99 Å². The number of rotatable bonds is 3. The Morgan fingerprint density at radius 3 is 2.41 bits per heavy atom. The molecule has 0 atom stereocenters. The average Bonchev–Trinajstić information content (AvgIpc) is 3.11. The molecule has 3 amide bonds. The maximum atomic E-state index is 12.4. The van der Waals surface area contributed by atoms with Crippen LogP contribution in [0.15, 0.2) is 47.5 Å². The number of thiazole rings is 1. The average molecular weight is 381 g/mol. The SMILES string of the molecule is COc1ccc2c(c1)sc(=NC(=O)CN1C(=O)c3ccccc3C1=O)n2C. The van der Waals surface area contributed by atoms with Gasteiger partial charge < -0.3 is 9.30 Å². The van der Waals surface area contributed by atoms with Crippen molar-refractivity contribution < 1.29 is 19.1 Å². The number of nitrogens with zero attached hydrogens (tertiary/aromatic N) is 3. The second kappa shape index (κ2) is 6.48. The predicted molar refractivity (Wildman–Crippen MR) is 99.7 cm³/mol. The molecule has 136 valence electrons. The van der Waals surface area contributed by atoms with Crippen molar-refractivity contribution in [3.63, 3.8) is 0 Å². The zero-order valence-corrected chi connectivity index (χ0v) is 15.4. The van der Waals surface area contributed by atoms with E-state index in [4.69, 9.17) is 4.74 Å². The number of hydrogen-bond donors (Lipinski definition) is 0. The molecule has 0 bridgehead atoms. The van der Waals surface area contributed by atoms with Crippen molar-refractivity contribution in [2.24, 2.45) is 12.0 Å². The maximum absolute atomic E-state index is 12.4. The largest absolute Gasteiger partial charge is 0.497 e. The highest BCUT2D eigenvalue weighted by atomic mass is 32.1. The Morgan fingerprint density at radius 2 is 1.78 bits per heavy atom. The molecule has 1 aromatic heterocycles. The lowest BCUT2D eigenvalue weighted by Crippen LogP contribution is -2.35. The molecule has 0 fully saturated rings. The molecule has 3 aromatic rings. The van der Waals surface area contributed by atoms with Gasteiger partial charge in [-0.1, -0.05) is 23.5 Å². The van der Waals surface area contributed by atoms with Crippen molar-refractivity contribution in [3.05, 3.63) is 58.4 Å². The fraction of sp³-hybridized carbons (Fsp3) is 0.158. The van der Waals surface area contributed by atoms with Gasteiger partial charge in [0.1, 0.15) is 12.3 Å². The summed E-state index contributed by atoms with van der Waals surface area (Å²) in [7, 11) is 3.39. The molecule has 4 rings (SSSR count). The molecule has 0 saturated heterocycles. The number of methoxy groups -OCH3 is 1. The first-order valence-electron chi connectivity index (χ1n) is 8.16. The Bertz CT molecular complexity index is 1140. The van der Waals surface area contributed by atoms with Gasteiger partial charge in [-0.25, -0.2) is 0 Å². The molecule has 1 aliphatic heterocycles. The van der Waals surface area contributed by atoms with Crippen molar-refractivity contribution in [3.8, 4) is 5.75 Å². The summed E-state index contributed by atoms with van der Waals surface area (Å²) in [5, 5.41) is 0. The monoisotopic (exact) mass is 381 g/mol. The summed E-state index contributed by atoms with van der Waals surface area (Å²) in [4.78, 5) is 42.7. The van der Waals surface area contributed by atoms with Gasteiger partial charge >= 0.3 is 0 Å². The van der Waals surface area contributed by atoms with Crippen molar-refractivity contribution in [2.75, 3.05) is 13.7 Å². The highest BCUT2D eigenvalue weighted by molar-refractivity contribution is 7.16. The molecule has 7 nitrogen and oxygen atoms in total. The minimum absolute atomic E-state index is 0.315. The standard InChI is InChI=1S/C19H15N3O4S/c1-21-14-8-7-11(26-2)9-15(14)27-19(21)20-16(23)10-22-17(24)12-5-3-4-6-13(12)18(22)25/h3-9H,10H2,1-2H3. The molecule has 0 saturated carbocycles. The Labute approximate surface area is 158 Å². The van der Waals surface area contributed by atoms with Crippen LogP contribution in [0.2, 0.25) is 0 Å². The van der Waals surface area contributed by atoms with Gasteiger partial charge in [0, 0.05) is 7.05 Å². The third-order valence-corrected chi connectivity index (χ3v) is 5.50. The van der Waals surface area contributed by atoms with E-state index in [2.05, 4.69) is 4.99 Å². The van der Waals surface area contributed by atoms with Gasteiger partial charge in [0.05, 0.1) is 28.5 Å². The number of amides is 3. The van der Waals surface area contributed by atoms with Crippen LogP contribution in [0.5, 0.6) is 5.75 Å². The molecule has 0 radical (unpaired) electrons. The van der Waals surface area contributed by atoms with Gasteiger partial charge in [-0.05, 0) is 30.3 Å². The van der Waals surface area contributed by atoms with Crippen LogP contribution in [0, 0.1) is 0 Å². The Balaban J connectivity index is 1.63. The molecule has 2 aromatic carbocycles. The second-order valence-electron chi connectivity index (χ2n) is 6.02. The lowest BCUT2D eigenvalue weighted by atomic mass is 10.1. The number of ether oxygens (including phenoxy) is 1. The van der Waals surface area contributed by atoms with Gasteiger partial charge in [0.15, 0.2) is 4.80 Å². The third-order valence-electron chi connectivity index (χ3n) is 4.41. The fourth-order valence-electron chi connectivity index (χ4n) is 3.01. The highest BCUT2D eigenvalue weighted by Crippen LogP contribution is 2.23. The van der Waals surface area contributed by atoms with Gasteiger partial charge in [-0.3, -0.25) is 19.3 Å². The van der Waals surface area contributed by atoms with E-state index in [0.29, 0.717) is 21.7 Å². The fourth-order valence-corrected chi connectivity index (χ4v) is 4.07. The van der Waals surface area contributed by atoms with E-state index < -0.39 is 17.7 Å². The summed E-state index contributed by atoms with van der Waals surface area (Å²) >= 11 is 1.34. The first kappa shape index (κ1) is 17.2. The number of imide groups is 1. The molecule has 8 heteroatoms. The smallest absolute Gasteiger partial charge is 0.268 e. The summed E-state index contributed by atoms with van der Waals surface area (Å²) in [5.74, 6) is -0.777. The van der Waals surface area contributed by atoms with E-state index in [0.717, 1.165) is 15.1 Å². The molecule has 0 spiro atoms. The second-order valence-corrected chi connectivity index (χ2v) is 7.03. The van der Waals surface area contributed by atoms with Crippen LogP contribution in [0.4, 0.5) is 0 Å². The molecule has 0 aliphatic carbocycles. The van der Waals surface area contributed by atoms with Crippen LogP contribution in [0.25, 0.3) is 10.2 Å². The highest BCUT2D eigenvalue weighted by Gasteiger charge is 2.36. The van der Waals surface area contributed by atoms with Crippen molar-refractivity contribution >= 4 is 39.3 Å². The van der Waals surface area contributed by atoms with Crippen LogP contribution in [-0.4, -0.2) is 40.8 Å². The number of aryl methyl sites for hydroxylation is 1. The minimum Gasteiger partial charge on any atom is -0.497 e. The number of fused-ring (bicyclic) bond motifs is 2. The van der Waals surface area contributed by atoms with Crippen molar-refractivity contribution in [2.45, 2.75) is 0 Å². The Morgan fingerprint density at radius 1 is 1.11 bits per heavy atom. The van der Waals surface area contributed by atoms with E-state index in [1.807, 2.05) is 18.2 Å². The quantitative estimate of drug-likeness (QED) is 0.650. The molecule has 2 heterocycles. The number of aromatic nitrogens is 1. The molecule has 0 N–H and O–H groups in total. The summed E-state index contributed by atoms with van der Waals surface area (Å²) in [5.41, 5.74) is 1.54. The van der Waals surface area contributed by atoms with Gasteiger partial charge in [-0.15, -0.1) is 0 Å². The van der Waals surface area contributed by atoms with Crippen LogP contribution >= 0.6 is 11.3 Å². The van der Waals surface area contributed by atoms with E-state index in [9.17, 15) is 14.4 Å². The Kier molecular flexibility index (Phi) is 4.12. The minimum atomic E-state index is -0.557. The third kappa shape index (κ3) is 2.83. The number of carbonyl (C=O) groups is 3. The van der Waals surface area contributed by atoms with E-state index >= 15 is 0 Å². The van der Waals surface area contributed by atoms with E-state index in [1.54, 1.807) is 43.0 Å². The summed E-state index contributed by atoms with van der Waals surface area (Å²) < 4.78 is 7.93. The van der Waals surface area contributed by atoms with Crippen LogP contribution in [0.3, 0.4) is 0 Å². The normalized spacial score (nSPS) is 14.1. The maximum Gasteiger partial charge on any atom is 0.268 e. The molecule has 27 heavy (non-hydrogen) atoms. The van der Waals surface area contributed by atoms with Gasteiger partial charge in [0.25, 0.3) is 17.7 Å². The zero-order valence-electron chi connectivity index (χ0n) is 14.6. The van der Waals surface area contributed by atoms with Gasteiger partial charge in [0.2, 0.25) is 0 Å². The van der Waals surface area contributed by atoms with Crippen molar-refractivity contribution in [1.29, 1.82) is 0 Å². The van der Waals surface area contributed by atoms with E-state index in [1.165, 1.54) is 11.3 Å². The topological polar surface area (TPSA) is 81.0 Å². The van der Waals surface area contributed by atoms with Crippen LogP contribution in [-0.2, 0) is 11.8 Å². The lowest BCUT2D eigenvalue weighted by Gasteiger charge is -2.10. The first-order valence-corrected chi connectivity index (χ1v) is 8.97. The summed E-state index contributed by atoms with van der Waals surface area (Å²) in [6.45, 7) is -0.385. The number of hydrogen-bond acceptors (Lipinski definition) is 5. The summed E-state index contributed by atoms with van der Waals surface area (Å²) in [6.07, 6.45) is 0. The molecule has 1 aliphatic rings. The van der Waals surface area contributed by atoms with Crippen molar-refractivity contribution in [1.82, 2.24) is 9.47 Å². The lowest BCUT2D eigenvalue weighted by molar-refractivity contribution is -0.118. The summed E-state index contributed by atoms with van der Waals surface area (Å²) in [6, 6.07) is 12.1. The van der Waals surface area contributed by atoms with E-state index in [-0.39, 0.29) is 6.54 Å². The number of benzene rings is 2. The first-order chi connectivity index (χ1) is 13.0.